The molecule has 1 fully saturated rings. The van der Waals surface area contributed by atoms with Gasteiger partial charge in [0.25, 0.3) is 0 Å². The van der Waals surface area contributed by atoms with Gasteiger partial charge in [-0.2, -0.15) is 0 Å². The largest absolute Gasteiger partial charge is 0.378 e. The summed E-state index contributed by atoms with van der Waals surface area (Å²) in [4.78, 5) is 1.99. The third kappa shape index (κ3) is 2.21. The molecular weight excluding hydrogens is 275 g/mol. The molecule has 2 N–H and O–H groups in total. The Hall–Kier alpha value is -0.650. The summed E-state index contributed by atoms with van der Waals surface area (Å²) in [6.07, 6.45) is 0. The number of anilines is 1. The van der Waals surface area contributed by atoms with E-state index in [-0.39, 0.29) is 5.82 Å². The molecule has 88 valence electrons. The van der Waals surface area contributed by atoms with Gasteiger partial charge >= 0.3 is 0 Å². The SMILES string of the molecule is NCc1ccc(N2CCOCC2)c(F)c1Br. The van der Waals surface area contributed by atoms with Crippen molar-refractivity contribution in [3.63, 3.8) is 0 Å². The number of ether oxygens (including phenoxy) is 1. The third-order valence-corrected chi connectivity index (χ3v) is 3.57. The van der Waals surface area contributed by atoms with Gasteiger partial charge in [-0.1, -0.05) is 6.07 Å². The van der Waals surface area contributed by atoms with Gasteiger partial charge in [0.1, 0.15) is 0 Å². The molecule has 1 aromatic rings. The van der Waals surface area contributed by atoms with E-state index in [0.29, 0.717) is 29.9 Å². The minimum absolute atomic E-state index is 0.232. The summed E-state index contributed by atoms with van der Waals surface area (Å²) >= 11 is 3.24. The lowest BCUT2D eigenvalue weighted by molar-refractivity contribution is 0.122. The molecule has 0 atom stereocenters. The van der Waals surface area contributed by atoms with Gasteiger partial charge in [-0.3, -0.25) is 0 Å². The lowest BCUT2D eigenvalue weighted by atomic mass is 10.1. The van der Waals surface area contributed by atoms with Crippen LogP contribution in [0.5, 0.6) is 0 Å². The fourth-order valence-electron chi connectivity index (χ4n) is 1.79. The fourth-order valence-corrected chi connectivity index (χ4v) is 2.28. The second kappa shape index (κ2) is 5.12. The van der Waals surface area contributed by atoms with Crippen molar-refractivity contribution in [3.8, 4) is 0 Å². The standard InChI is InChI=1S/C11H14BrFN2O/c12-10-8(7-14)1-2-9(11(10)13)15-3-5-16-6-4-15/h1-2H,3-7,14H2. The van der Waals surface area contributed by atoms with Gasteiger partial charge in [-0.15, -0.1) is 0 Å². The van der Waals surface area contributed by atoms with Crippen LogP contribution in [0.4, 0.5) is 10.1 Å². The van der Waals surface area contributed by atoms with Crippen LogP contribution >= 0.6 is 15.9 Å². The Balaban J connectivity index is 2.30. The first-order valence-corrected chi connectivity index (χ1v) is 6.03. The van der Waals surface area contributed by atoms with Gasteiger partial charge in [-0.05, 0) is 27.6 Å². The van der Waals surface area contributed by atoms with Crippen molar-refractivity contribution >= 4 is 21.6 Å². The molecule has 16 heavy (non-hydrogen) atoms. The molecule has 1 aliphatic rings. The monoisotopic (exact) mass is 288 g/mol. The van der Waals surface area contributed by atoms with E-state index >= 15 is 0 Å². The van der Waals surface area contributed by atoms with Crippen LogP contribution in [-0.2, 0) is 11.3 Å². The average Bonchev–Trinajstić information content (AvgIpc) is 2.34. The van der Waals surface area contributed by atoms with E-state index in [9.17, 15) is 4.39 Å². The van der Waals surface area contributed by atoms with Crippen LogP contribution in [0.3, 0.4) is 0 Å². The van der Waals surface area contributed by atoms with Crippen LogP contribution in [0.2, 0.25) is 0 Å². The summed E-state index contributed by atoms with van der Waals surface area (Å²) in [5.74, 6) is -0.232. The minimum atomic E-state index is -0.232. The molecular formula is C11H14BrFN2O. The molecule has 2 rings (SSSR count). The smallest absolute Gasteiger partial charge is 0.160 e. The number of hydrogen-bond donors (Lipinski definition) is 1. The molecule has 1 heterocycles. The van der Waals surface area contributed by atoms with Gasteiger partial charge < -0.3 is 15.4 Å². The van der Waals surface area contributed by atoms with E-state index in [1.165, 1.54) is 0 Å². The Morgan fingerprint density at radius 2 is 2.06 bits per heavy atom. The van der Waals surface area contributed by atoms with Crippen LogP contribution < -0.4 is 10.6 Å². The highest BCUT2D eigenvalue weighted by Crippen LogP contribution is 2.29. The van der Waals surface area contributed by atoms with Crippen LogP contribution in [0.15, 0.2) is 16.6 Å². The number of nitrogens with zero attached hydrogens (tertiary/aromatic N) is 1. The molecule has 3 nitrogen and oxygen atoms in total. The third-order valence-electron chi connectivity index (χ3n) is 2.71. The summed E-state index contributed by atoms with van der Waals surface area (Å²) < 4.78 is 19.8. The predicted molar refractivity (Wildman–Crippen MR) is 65.0 cm³/mol. The summed E-state index contributed by atoms with van der Waals surface area (Å²) in [6.45, 7) is 3.09. The molecule has 0 spiro atoms. The normalized spacial score (nSPS) is 16.6. The second-order valence-electron chi connectivity index (χ2n) is 3.68. The maximum absolute atomic E-state index is 14.0. The lowest BCUT2D eigenvalue weighted by Gasteiger charge is -2.29. The summed E-state index contributed by atoms with van der Waals surface area (Å²) in [6, 6.07) is 3.64. The first kappa shape index (κ1) is 11.8. The predicted octanol–water partition coefficient (Wildman–Crippen LogP) is 1.88. The van der Waals surface area contributed by atoms with Gasteiger partial charge in [0.15, 0.2) is 5.82 Å². The van der Waals surface area contributed by atoms with Gasteiger partial charge in [0.05, 0.1) is 23.4 Å². The number of nitrogens with two attached hydrogens (primary N) is 1. The number of benzene rings is 1. The Bertz CT molecular complexity index is 380. The van der Waals surface area contributed by atoms with Gasteiger partial charge in [-0.25, -0.2) is 4.39 Å². The molecule has 0 aliphatic carbocycles. The van der Waals surface area contributed by atoms with Crippen molar-refractivity contribution in [3.05, 3.63) is 28.0 Å². The zero-order valence-electron chi connectivity index (χ0n) is 8.88. The van der Waals surface area contributed by atoms with Crippen LogP contribution in [0, 0.1) is 5.82 Å². The van der Waals surface area contributed by atoms with Crippen molar-refractivity contribution in [2.75, 3.05) is 31.2 Å². The number of hydrogen-bond acceptors (Lipinski definition) is 3. The Labute approximate surface area is 102 Å². The highest BCUT2D eigenvalue weighted by Gasteiger charge is 2.18. The van der Waals surface area contributed by atoms with Crippen LogP contribution in [0.1, 0.15) is 5.56 Å². The van der Waals surface area contributed by atoms with E-state index in [4.69, 9.17) is 10.5 Å². The molecule has 0 saturated carbocycles. The fraction of sp³-hybridized carbons (Fsp3) is 0.455. The van der Waals surface area contributed by atoms with E-state index in [2.05, 4.69) is 15.9 Å². The summed E-state index contributed by atoms with van der Waals surface area (Å²) in [5.41, 5.74) is 6.92. The maximum atomic E-state index is 14.0. The Morgan fingerprint density at radius 3 is 2.69 bits per heavy atom. The molecule has 1 saturated heterocycles. The first-order valence-electron chi connectivity index (χ1n) is 5.23. The lowest BCUT2D eigenvalue weighted by Crippen LogP contribution is -2.36. The van der Waals surface area contributed by atoms with Crippen molar-refractivity contribution in [2.45, 2.75) is 6.54 Å². The number of halogens is 2. The first-order chi connectivity index (χ1) is 7.74. The molecule has 0 amide bonds. The quantitative estimate of drug-likeness (QED) is 0.903. The van der Waals surface area contributed by atoms with E-state index in [1.54, 1.807) is 6.07 Å². The summed E-state index contributed by atoms with van der Waals surface area (Å²) in [7, 11) is 0. The molecule has 0 radical (unpaired) electrons. The molecule has 0 unspecified atom stereocenters. The molecule has 5 heteroatoms. The van der Waals surface area contributed by atoms with E-state index in [1.807, 2.05) is 11.0 Å². The number of rotatable bonds is 2. The van der Waals surface area contributed by atoms with Crippen LogP contribution in [0.25, 0.3) is 0 Å². The van der Waals surface area contributed by atoms with Gasteiger partial charge in [0.2, 0.25) is 0 Å². The zero-order valence-corrected chi connectivity index (χ0v) is 10.5. The van der Waals surface area contributed by atoms with Crippen molar-refractivity contribution in [1.29, 1.82) is 0 Å². The second-order valence-corrected chi connectivity index (χ2v) is 4.47. The van der Waals surface area contributed by atoms with Crippen molar-refractivity contribution in [2.24, 2.45) is 5.73 Å². The van der Waals surface area contributed by atoms with Gasteiger partial charge in [0, 0.05) is 19.6 Å². The topological polar surface area (TPSA) is 38.5 Å². The van der Waals surface area contributed by atoms with E-state index in [0.717, 1.165) is 18.7 Å². The molecule has 1 aromatic carbocycles. The Kier molecular flexibility index (Phi) is 3.78. The molecule has 1 aliphatic heterocycles. The highest BCUT2D eigenvalue weighted by atomic mass is 79.9. The average molecular weight is 289 g/mol. The molecule has 0 bridgehead atoms. The number of morpholine rings is 1. The highest BCUT2D eigenvalue weighted by molar-refractivity contribution is 9.10. The van der Waals surface area contributed by atoms with Crippen molar-refractivity contribution in [1.82, 2.24) is 0 Å². The summed E-state index contributed by atoms with van der Waals surface area (Å²) in [5, 5.41) is 0. The zero-order chi connectivity index (χ0) is 11.5. The minimum Gasteiger partial charge on any atom is -0.378 e. The Morgan fingerprint density at radius 1 is 1.38 bits per heavy atom. The van der Waals surface area contributed by atoms with Crippen LogP contribution in [-0.4, -0.2) is 26.3 Å². The van der Waals surface area contributed by atoms with Crippen molar-refractivity contribution < 1.29 is 9.13 Å². The maximum Gasteiger partial charge on any atom is 0.160 e. The molecule has 0 aromatic heterocycles. The van der Waals surface area contributed by atoms with E-state index < -0.39 is 0 Å².